The van der Waals surface area contributed by atoms with Gasteiger partial charge in [-0.05, 0) is 36.1 Å². The van der Waals surface area contributed by atoms with Gasteiger partial charge in [0, 0.05) is 25.1 Å². The van der Waals surface area contributed by atoms with Gasteiger partial charge < -0.3 is 10.1 Å². The van der Waals surface area contributed by atoms with E-state index in [9.17, 15) is 0 Å². The molecule has 0 bridgehead atoms. The predicted octanol–water partition coefficient (Wildman–Crippen LogP) is 3.09. The third-order valence-electron chi connectivity index (χ3n) is 3.78. The van der Waals surface area contributed by atoms with Gasteiger partial charge in [-0.25, -0.2) is 0 Å². The highest BCUT2D eigenvalue weighted by Crippen LogP contribution is 2.41. The molecule has 0 unspecified atom stereocenters. The van der Waals surface area contributed by atoms with Crippen molar-refractivity contribution < 1.29 is 4.74 Å². The summed E-state index contributed by atoms with van der Waals surface area (Å²) < 4.78 is 5.08. The zero-order valence-corrected chi connectivity index (χ0v) is 11.5. The lowest BCUT2D eigenvalue weighted by atomic mass is 9.82. The Morgan fingerprint density at radius 3 is 2.88 bits per heavy atom. The number of ether oxygens (including phenoxy) is 1. The lowest BCUT2D eigenvalue weighted by molar-refractivity contribution is 0.190. The summed E-state index contributed by atoms with van der Waals surface area (Å²) in [4.78, 5) is 1.54. The fraction of sp³-hybridized carbons (Fsp3) is 0.714. The van der Waals surface area contributed by atoms with Gasteiger partial charge in [-0.2, -0.15) is 0 Å². The highest BCUT2D eigenvalue weighted by Gasteiger charge is 2.33. The Morgan fingerprint density at radius 1 is 1.41 bits per heavy atom. The van der Waals surface area contributed by atoms with Gasteiger partial charge in [0.15, 0.2) is 0 Å². The molecule has 2 nitrogen and oxygen atoms in total. The van der Waals surface area contributed by atoms with Crippen molar-refractivity contribution in [2.24, 2.45) is 5.41 Å². The zero-order valence-electron chi connectivity index (χ0n) is 10.7. The molecule has 1 aromatic rings. The average molecular weight is 253 g/mol. The molecule has 3 heteroatoms. The van der Waals surface area contributed by atoms with Crippen molar-refractivity contribution in [3.05, 3.63) is 22.4 Å². The molecule has 17 heavy (non-hydrogen) atoms. The van der Waals surface area contributed by atoms with Crippen LogP contribution in [0.5, 0.6) is 0 Å². The van der Waals surface area contributed by atoms with Crippen LogP contribution in [0.15, 0.2) is 17.5 Å². The van der Waals surface area contributed by atoms with E-state index in [4.69, 9.17) is 4.74 Å². The normalized spacial score (nSPS) is 18.6. The molecule has 0 saturated heterocycles. The summed E-state index contributed by atoms with van der Waals surface area (Å²) >= 11 is 1.90. The number of thiophene rings is 1. The summed E-state index contributed by atoms with van der Waals surface area (Å²) in [6.07, 6.45) is 6.81. The second kappa shape index (κ2) is 6.53. The molecule has 0 spiro atoms. The molecule has 2 rings (SSSR count). The van der Waals surface area contributed by atoms with E-state index in [1.807, 2.05) is 11.3 Å². The molecule has 0 atom stereocenters. The van der Waals surface area contributed by atoms with Gasteiger partial charge in [-0.3, -0.25) is 0 Å². The van der Waals surface area contributed by atoms with Crippen LogP contribution in [0.3, 0.4) is 0 Å². The van der Waals surface area contributed by atoms with E-state index in [-0.39, 0.29) is 0 Å². The van der Waals surface area contributed by atoms with E-state index in [1.54, 1.807) is 12.0 Å². The minimum absolute atomic E-state index is 0.512. The summed E-state index contributed by atoms with van der Waals surface area (Å²) in [7, 11) is 1.76. The maximum atomic E-state index is 5.08. The molecule has 1 aliphatic rings. The Hall–Kier alpha value is -0.380. The first-order valence-corrected chi connectivity index (χ1v) is 7.45. The number of rotatable bonds is 7. The van der Waals surface area contributed by atoms with Crippen LogP contribution in [0.25, 0.3) is 0 Å². The van der Waals surface area contributed by atoms with Crippen molar-refractivity contribution in [2.45, 2.75) is 32.1 Å². The van der Waals surface area contributed by atoms with Crippen LogP contribution >= 0.6 is 11.3 Å². The summed E-state index contributed by atoms with van der Waals surface area (Å²) in [5.74, 6) is 0. The topological polar surface area (TPSA) is 21.3 Å². The highest BCUT2D eigenvalue weighted by atomic mass is 32.1. The van der Waals surface area contributed by atoms with E-state index >= 15 is 0 Å². The van der Waals surface area contributed by atoms with Crippen LogP contribution in [-0.2, 0) is 11.2 Å². The maximum Gasteiger partial charge on any atom is 0.0587 e. The molecular formula is C14H23NOS. The number of hydrogen-bond donors (Lipinski definition) is 1. The third-order valence-corrected chi connectivity index (χ3v) is 4.65. The van der Waals surface area contributed by atoms with E-state index in [0.717, 1.165) is 19.7 Å². The first-order chi connectivity index (χ1) is 8.35. The van der Waals surface area contributed by atoms with Gasteiger partial charge in [0.05, 0.1) is 6.61 Å². The van der Waals surface area contributed by atoms with Crippen LogP contribution in [0.4, 0.5) is 0 Å². The van der Waals surface area contributed by atoms with E-state index in [0.29, 0.717) is 5.41 Å². The van der Waals surface area contributed by atoms with Gasteiger partial charge in [0.25, 0.3) is 0 Å². The van der Waals surface area contributed by atoms with Crippen molar-refractivity contribution >= 4 is 11.3 Å². The molecule has 1 heterocycles. The van der Waals surface area contributed by atoms with Crippen molar-refractivity contribution in [1.29, 1.82) is 0 Å². The van der Waals surface area contributed by atoms with Gasteiger partial charge in [-0.15, -0.1) is 11.3 Å². The predicted molar refractivity (Wildman–Crippen MR) is 73.7 cm³/mol. The molecule has 0 aromatic carbocycles. The molecule has 0 aliphatic heterocycles. The smallest absolute Gasteiger partial charge is 0.0587 e. The number of hydrogen-bond acceptors (Lipinski definition) is 3. The molecule has 96 valence electrons. The standard InChI is InChI=1S/C14H23NOS/c1-16-9-8-15-12-14(6-2-3-7-14)11-13-5-4-10-17-13/h4-5,10,15H,2-3,6-9,11-12H2,1H3. The minimum atomic E-state index is 0.512. The minimum Gasteiger partial charge on any atom is -0.383 e. The maximum absolute atomic E-state index is 5.08. The Bertz CT molecular complexity index is 304. The summed E-state index contributed by atoms with van der Waals surface area (Å²) in [6, 6.07) is 4.45. The van der Waals surface area contributed by atoms with Crippen molar-refractivity contribution in [3.8, 4) is 0 Å². The molecule has 1 fully saturated rings. The van der Waals surface area contributed by atoms with Gasteiger partial charge >= 0.3 is 0 Å². The third kappa shape index (κ3) is 3.80. The van der Waals surface area contributed by atoms with Crippen LogP contribution in [0.2, 0.25) is 0 Å². The second-order valence-corrected chi connectivity index (χ2v) is 6.17. The largest absolute Gasteiger partial charge is 0.383 e. The lowest BCUT2D eigenvalue weighted by Crippen LogP contribution is -2.35. The summed E-state index contributed by atoms with van der Waals surface area (Å²) in [6.45, 7) is 2.94. The van der Waals surface area contributed by atoms with Gasteiger partial charge in [0.2, 0.25) is 0 Å². The monoisotopic (exact) mass is 253 g/mol. The molecule has 1 aromatic heterocycles. The van der Waals surface area contributed by atoms with E-state index in [1.165, 1.54) is 32.1 Å². The fourth-order valence-corrected chi connectivity index (χ4v) is 3.73. The lowest BCUT2D eigenvalue weighted by Gasteiger charge is -2.29. The first-order valence-electron chi connectivity index (χ1n) is 6.57. The van der Waals surface area contributed by atoms with E-state index in [2.05, 4.69) is 22.8 Å². The molecular weight excluding hydrogens is 230 g/mol. The van der Waals surface area contributed by atoms with Gasteiger partial charge in [0.1, 0.15) is 0 Å². The number of methoxy groups -OCH3 is 1. The van der Waals surface area contributed by atoms with Crippen molar-refractivity contribution in [2.75, 3.05) is 26.8 Å². The van der Waals surface area contributed by atoms with E-state index < -0.39 is 0 Å². The van der Waals surface area contributed by atoms with Gasteiger partial charge in [-0.1, -0.05) is 18.9 Å². The Kier molecular flexibility index (Phi) is 5.01. The quantitative estimate of drug-likeness (QED) is 0.754. The molecule has 0 amide bonds. The van der Waals surface area contributed by atoms with Crippen LogP contribution in [-0.4, -0.2) is 26.8 Å². The Labute approximate surface area is 108 Å². The number of nitrogens with one attached hydrogen (secondary N) is 1. The van der Waals surface area contributed by atoms with Crippen LogP contribution in [0, 0.1) is 5.41 Å². The highest BCUT2D eigenvalue weighted by molar-refractivity contribution is 7.09. The average Bonchev–Trinajstić information content (AvgIpc) is 2.98. The summed E-state index contributed by atoms with van der Waals surface area (Å²) in [5.41, 5.74) is 0.512. The second-order valence-electron chi connectivity index (χ2n) is 5.13. The fourth-order valence-electron chi connectivity index (χ4n) is 2.85. The molecule has 1 saturated carbocycles. The molecule has 1 aliphatic carbocycles. The molecule has 0 radical (unpaired) electrons. The zero-order chi connectivity index (χ0) is 12.0. The molecule has 1 N–H and O–H groups in total. The Morgan fingerprint density at radius 2 is 2.24 bits per heavy atom. The van der Waals surface area contributed by atoms with Crippen LogP contribution in [0.1, 0.15) is 30.6 Å². The van der Waals surface area contributed by atoms with Crippen LogP contribution < -0.4 is 5.32 Å². The summed E-state index contributed by atoms with van der Waals surface area (Å²) in [5, 5.41) is 5.75. The van der Waals surface area contributed by atoms with Crippen molar-refractivity contribution in [3.63, 3.8) is 0 Å². The SMILES string of the molecule is COCCNCC1(Cc2cccs2)CCCC1. The van der Waals surface area contributed by atoms with Crippen molar-refractivity contribution in [1.82, 2.24) is 5.32 Å². The first kappa shape index (κ1) is 13.1. The Balaban J connectivity index is 1.86.